The monoisotopic (exact) mass is 279 g/mol. The summed E-state index contributed by atoms with van der Waals surface area (Å²) in [6.07, 6.45) is 5.58. The van der Waals surface area contributed by atoms with Gasteiger partial charge in [-0.05, 0) is 41.7 Å². The third kappa shape index (κ3) is 2.70. The highest BCUT2D eigenvalue weighted by Crippen LogP contribution is 2.39. The van der Waals surface area contributed by atoms with E-state index in [1.54, 1.807) is 11.3 Å². The predicted octanol–water partition coefficient (Wildman–Crippen LogP) is 2.44. The SMILES string of the molecule is O=C(Cc1ccsc1)N1CCC2(O)CCCCC2C1. The minimum Gasteiger partial charge on any atom is -0.389 e. The van der Waals surface area contributed by atoms with Crippen molar-refractivity contribution in [3.8, 4) is 0 Å². The number of fused-ring (bicyclic) bond motifs is 1. The van der Waals surface area contributed by atoms with Crippen LogP contribution in [0.25, 0.3) is 0 Å². The van der Waals surface area contributed by atoms with Gasteiger partial charge < -0.3 is 10.0 Å². The Bertz CT molecular complexity index is 445. The largest absolute Gasteiger partial charge is 0.389 e. The molecule has 0 radical (unpaired) electrons. The quantitative estimate of drug-likeness (QED) is 0.903. The van der Waals surface area contributed by atoms with Crippen LogP contribution in [0.4, 0.5) is 0 Å². The van der Waals surface area contributed by atoms with Gasteiger partial charge in [0.25, 0.3) is 0 Å². The molecule has 3 nitrogen and oxygen atoms in total. The van der Waals surface area contributed by atoms with E-state index in [2.05, 4.69) is 0 Å². The lowest BCUT2D eigenvalue weighted by molar-refractivity contribution is -0.142. The fourth-order valence-electron chi connectivity index (χ4n) is 3.48. The number of thiophene rings is 1. The summed E-state index contributed by atoms with van der Waals surface area (Å²) in [7, 11) is 0. The second-order valence-corrected chi connectivity index (χ2v) is 6.72. The fourth-order valence-corrected chi connectivity index (χ4v) is 4.15. The van der Waals surface area contributed by atoms with Crippen LogP contribution in [0.15, 0.2) is 16.8 Å². The summed E-state index contributed by atoms with van der Waals surface area (Å²) in [5.41, 5.74) is 0.622. The molecule has 1 amide bonds. The Labute approximate surface area is 118 Å². The first kappa shape index (κ1) is 13.1. The van der Waals surface area contributed by atoms with Crippen LogP contribution >= 0.6 is 11.3 Å². The molecule has 0 aromatic carbocycles. The van der Waals surface area contributed by atoms with Crippen LogP contribution in [-0.4, -0.2) is 34.6 Å². The van der Waals surface area contributed by atoms with E-state index in [1.165, 1.54) is 6.42 Å². The van der Waals surface area contributed by atoms with Gasteiger partial charge >= 0.3 is 0 Å². The van der Waals surface area contributed by atoms with Crippen molar-refractivity contribution in [3.05, 3.63) is 22.4 Å². The number of aliphatic hydroxyl groups is 1. The van der Waals surface area contributed by atoms with E-state index in [0.717, 1.165) is 44.3 Å². The van der Waals surface area contributed by atoms with Crippen LogP contribution in [-0.2, 0) is 11.2 Å². The van der Waals surface area contributed by atoms with E-state index >= 15 is 0 Å². The average Bonchev–Trinajstić information content (AvgIpc) is 2.90. The molecule has 2 aliphatic rings. The van der Waals surface area contributed by atoms with E-state index in [0.29, 0.717) is 12.3 Å². The van der Waals surface area contributed by atoms with Crippen molar-refractivity contribution in [2.24, 2.45) is 5.92 Å². The molecule has 1 N–H and O–H groups in total. The van der Waals surface area contributed by atoms with Gasteiger partial charge in [-0.25, -0.2) is 0 Å². The molecule has 2 unspecified atom stereocenters. The van der Waals surface area contributed by atoms with Crippen LogP contribution in [0.3, 0.4) is 0 Å². The molecule has 1 saturated heterocycles. The number of hydrogen-bond acceptors (Lipinski definition) is 3. The maximum atomic E-state index is 12.3. The van der Waals surface area contributed by atoms with Gasteiger partial charge in [0.1, 0.15) is 0 Å². The highest BCUT2D eigenvalue weighted by atomic mass is 32.1. The van der Waals surface area contributed by atoms with Crippen molar-refractivity contribution >= 4 is 17.2 Å². The number of carbonyl (C=O) groups is 1. The molecule has 1 saturated carbocycles. The van der Waals surface area contributed by atoms with Gasteiger partial charge in [-0.1, -0.05) is 12.8 Å². The highest BCUT2D eigenvalue weighted by molar-refractivity contribution is 7.07. The second-order valence-electron chi connectivity index (χ2n) is 5.94. The number of likely N-dealkylation sites (tertiary alicyclic amines) is 1. The van der Waals surface area contributed by atoms with Gasteiger partial charge in [-0.15, -0.1) is 0 Å². The van der Waals surface area contributed by atoms with Gasteiger partial charge in [0.15, 0.2) is 0 Å². The maximum absolute atomic E-state index is 12.3. The van der Waals surface area contributed by atoms with Crippen LogP contribution in [0.1, 0.15) is 37.7 Å². The normalized spacial score (nSPS) is 31.0. The fraction of sp³-hybridized carbons (Fsp3) is 0.667. The zero-order chi connectivity index (χ0) is 13.3. The Morgan fingerprint density at radius 1 is 1.47 bits per heavy atom. The van der Waals surface area contributed by atoms with Crippen molar-refractivity contribution in [2.45, 2.75) is 44.1 Å². The minimum absolute atomic E-state index is 0.214. The Hall–Kier alpha value is -0.870. The lowest BCUT2D eigenvalue weighted by Crippen LogP contribution is -2.54. The third-order valence-corrected chi connectivity index (χ3v) is 5.45. The number of piperidine rings is 1. The first-order chi connectivity index (χ1) is 9.17. The number of carbonyl (C=O) groups excluding carboxylic acids is 1. The molecule has 2 fully saturated rings. The molecular formula is C15H21NO2S. The molecule has 2 heterocycles. The zero-order valence-electron chi connectivity index (χ0n) is 11.2. The smallest absolute Gasteiger partial charge is 0.227 e. The topological polar surface area (TPSA) is 40.5 Å². The molecule has 1 aromatic rings. The van der Waals surface area contributed by atoms with E-state index in [4.69, 9.17) is 0 Å². The molecule has 104 valence electrons. The number of amides is 1. The average molecular weight is 279 g/mol. The molecule has 0 bridgehead atoms. The van der Waals surface area contributed by atoms with Gasteiger partial charge in [0.05, 0.1) is 12.0 Å². The van der Waals surface area contributed by atoms with Gasteiger partial charge in [0, 0.05) is 19.0 Å². The Morgan fingerprint density at radius 3 is 3.16 bits per heavy atom. The number of nitrogens with zero attached hydrogens (tertiary/aromatic N) is 1. The Morgan fingerprint density at radius 2 is 2.37 bits per heavy atom. The molecular weight excluding hydrogens is 258 g/mol. The second kappa shape index (κ2) is 5.25. The summed E-state index contributed by atoms with van der Waals surface area (Å²) in [4.78, 5) is 14.3. The Balaban J connectivity index is 1.62. The van der Waals surface area contributed by atoms with Crippen LogP contribution in [0, 0.1) is 5.92 Å². The number of rotatable bonds is 2. The van der Waals surface area contributed by atoms with Crippen molar-refractivity contribution in [1.82, 2.24) is 4.90 Å². The minimum atomic E-state index is -0.489. The summed E-state index contributed by atoms with van der Waals surface area (Å²) in [6.45, 7) is 1.47. The zero-order valence-corrected chi connectivity index (χ0v) is 12.0. The highest BCUT2D eigenvalue weighted by Gasteiger charge is 2.43. The molecule has 3 rings (SSSR count). The van der Waals surface area contributed by atoms with Crippen molar-refractivity contribution in [2.75, 3.05) is 13.1 Å². The summed E-state index contributed by atoms with van der Waals surface area (Å²) in [5.74, 6) is 0.507. The van der Waals surface area contributed by atoms with E-state index in [9.17, 15) is 9.90 Å². The van der Waals surface area contributed by atoms with Gasteiger partial charge in [-0.3, -0.25) is 4.79 Å². The third-order valence-electron chi connectivity index (χ3n) is 4.72. The van der Waals surface area contributed by atoms with Gasteiger partial charge in [0.2, 0.25) is 5.91 Å². The molecule has 1 aliphatic heterocycles. The molecule has 4 heteroatoms. The molecule has 2 atom stereocenters. The standard InChI is InChI=1S/C15H21NO2S/c17-14(9-12-4-8-19-11-12)16-7-6-15(18)5-2-1-3-13(15)10-16/h4,8,11,13,18H,1-3,5-7,9-10H2. The molecule has 1 aromatic heterocycles. The van der Waals surface area contributed by atoms with Crippen molar-refractivity contribution in [1.29, 1.82) is 0 Å². The lowest BCUT2D eigenvalue weighted by atomic mass is 9.71. The predicted molar refractivity (Wildman–Crippen MR) is 76.1 cm³/mol. The van der Waals surface area contributed by atoms with Crippen LogP contribution < -0.4 is 0 Å². The Kier molecular flexibility index (Phi) is 3.63. The van der Waals surface area contributed by atoms with Crippen molar-refractivity contribution < 1.29 is 9.90 Å². The van der Waals surface area contributed by atoms with E-state index in [-0.39, 0.29) is 5.91 Å². The summed E-state index contributed by atoms with van der Waals surface area (Å²) in [6, 6.07) is 2.02. The lowest BCUT2D eigenvalue weighted by Gasteiger charge is -2.47. The first-order valence-corrected chi connectivity index (χ1v) is 8.13. The maximum Gasteiger partial charge on any atom is 0.227 e. The summed E-state index contributed by atoms with van der Waals surface area (Å²) >= 11 is 1.64. The van der Waals surface area contributed by atoms with E-state index < -0.39 is 5.60 Å². The van der Waals surface area contributed by atoms with Crippen molar-refractivity contribution in [3.63, 3.8) is 0 Å². The first-order valence-electron chi connectivity index (χ1n) is 7.19. The molecule has 1 aliphatic carbocycles. The van der Waals surface area contributed by atoms with Gasteiger partial charge in [-0.2, -0.15) is 11.3 Å². The molecule has 0 spiro atoms. The number of hydrogen-bond donors (Lipinski definition) is 1. The van der Waals surface area contributed by atoms with E-state index in [1.807, 2.05) is 21.7 Å². The molecule has 19 heavy (non-hydrogen) atoms. The van der Waals surface area contributed by atoms with Crippen LogP contribution in [0.5, 0.6) is 0 Å². The summed E-state index contributed by atoms with van der Waals surface area (Å²) in [5, 5.41) is 14.7. The summed E-state index contributed by atoms with van der Waals surface area (Å²) < 4.78 is 0. The van der Waals surface area contributed by atoms with Crippen LogP contribution in [0.2, 0.25) is 0 Å².